The molecule has 3 aromatic rings. The van der Waals surface area contributed by atoms with Crippen molar-refractivity contribution in [2.75, 3.05) is 20.3 Å². The Balaban J connectivity index is 0.00000736. The van der Waals surface area contributed by atoms with Crippen molar-refractivity contribution in [3.05, 3.63) is 121 Å². The number of nitro groups is 2. The van der Waals surface area contributed by atoms with E-state index in [4.69, 9.17) is 9.47 Å². The number of nitro benzene ring substituents is 2. The first-order chi connectivity index (χ1) is 21.7. The lowest BCUT2D eigenvalue weighted by Crippen LogP contribution is -2.23. The molecule has 0 fully saturated rings. The minimum absolute atomic E-state index is 0. The molecule has 0 heterocycles. The Morgan fingerprint density at radius 3 is 1.65 bits per heavy atom. The van der Waals surface area contributed by atoms with Gasteiger partial charge in [-0.05, 0) is 73.4 Å². The highest BCUT2D eigenvalue weighted by Crippen LogP contribution is 2.21. The molecule has 0 radical (unpaired) electrons. The maximum Gasteiger partial charge on any atom is 0.338 e. The Bertz CT molecular complexity index is 1420. The van der Waals surface area contributed by atoms with Gasteiger partial charge in [-0.15, -0.1) is 0 Å². The normalized spacial score (nSPS) is 10.7. The van der Waals surface area contributed by atoms with Crippen molar-refractivity contribution >= 4 is 35.4 Å². The molecule has 3 rings (SSSR count). The fourth-order valence-corrected chi connectivity index (χ4v) is 4.37. The number of non-ortho nitro benzene ring substituents is 2. The molecule has 0 aromatic heterocycles. The molecule has 3 aromatic carbocycles. The van der Waals surface area contributed by atoms with Crippen molar-refractivity contribution < 1.29 is 38.4 Å². The number of rotatable bonds is 17. The summed E-state index contributed by atoms with van der Waals surface area (Å²) >= 11 is 0. The van der Waals surface area contributed by atoms with E-state index in [1.54, 1.807) is 54.6 Å². The van der Waals surface area contributed by atoms with Crippen LogP contribution >= 0.6 is 0 Å². The largest absolute Gasteiger partial charge is 0.466 e. The zero-order valence-electron chi connectivity index (χ0n) is 24.8. The van der Waals surface area contributed by atoms with Gasteiger partial charge in [0.05, 0.1) is 41.7 Å². The summed E-state index contributed by atoms with van der Waals surface area (Å²) in [5.74, 6) is -1.93. The molecule has 46 heavy (non-hydrogen) atoms. The Kier molecular flexibility index (Phi) is 15.3. The third kappa shape index (κ3) is 12.3. The van der Waals surface area contributed by atoms with Crippen LogP contribution in [0.15, 0.2) is 78.9 Å². The van der Waals surface area contributed by atoms with E-state index in [0.29, 0.717) is 18.4 Å². The number of benzene rings is 3. The predicted octanol–water partition coefficient (Wildman–Crippen LogP) is 6.69. The number of ether oxygens (including phenoxy) is 3. The Labute approximate surface area is 267 Å². The summed E-state index contributed by atoms with van der Waals surface area (Å²) in [5.41, 5.74) is 2.48. The van der Waals surface area contributed by atoms with Gasteiger partial charge in [-0.25, -0.2) is 9.59 Å². The molecular formula is C34H38N2O10. The predicted molar refractivity (Wildman–Crippen MR) is 171 cm³/mol. The summed E-state index contributed by atoms with van der Waals surface area (Å²) in [4.78, 5) is 57.4. The van der Waals surface area contributed by atoms with Crippen LogP contribution in [-0.4, -0.2) is 48.1 Å². The van der Waals surface area contributed by atoms with Gasteiger partial charge < -0.3 is 14.2 Å². The van der Waals surface area contributed by atoms with Gasteiger partial charge in [-0.1, -0.05) is 43.8 Å². The molecule has 0 amide bonds. The molecule has 0 aliphatic rings. The second-order valence-corrected chi connectivity index (χ2v) is 10.1. The molecule has 0 N–H and O–H groups in total. The molecule has 12 nitrogen and oxygen atoms in total. The minimum atomic E-state index is -0.592. The van der Waals surface area contributed by atoms with Crippen LogP contribution in [0.3, 0.4) is 0 Å². The lowest BCUT2D eigenvalue weighted by Gasteiger charge is -2.16. The highest BCUT2D eigenvalue weighted by Gasteiger charge is 2.22. The summed E-state index contributed by atoms with van der Waals surface area (Å²) in [6.45, 7) is 0.446. The molecule has 0 saturated heterocycles. The van der Waals surface area contributed by atoms with Crippen molar-refractivity contribution in [2.24, 2.45) is 5.92 Å². The number of nitrogens with zero attached hydrogens (tertiary/aromatic N) is 2. The Morgan fingerprint density at radius 2 is 1.20 bits per heavy atom. The summed E-state index contributed by atoms with van der Waals surface area (Å²) in [7, 11) is 1.29. The van der Waals surface area contributed by atoms with Gasteiger partial charge in [0, 0.05) is 30.3 Å². The molecule has 0 unspecified atom stereocenters. The Morgan fingerprint density at radius 1 is 0.717 bits per heavy atom. The average Bonchev–Trinajstić information content (AvgIpc) is 3.05. The van der Waals surface area contributed by atoms with Crippen LogP contribution in [0.1, 0.15) is 60.2 Å². The molecule has 0 spiro atoms. The van der Waals surface area contributed by atoms with Gasteiger partial charge in [0.25, 0.3) is 11.4 Å². The number of hydrogen-bond donors (Lipinski definition) is 0. The third-order valence-electron chi connectivity index (χ3n) is 6.87. The molecule has 0 saturated carbocycles. The van der Waals surface area contributed by atoms with Crippen LogP contribution in [0.2, 0.25) is 0 Å². The molecule has 0 aliphatic carbocycles. The number of carbonyl (C=O) groups is 3. The number of hydrogen-bond acceptors (Lipinski definition) is 10. The molecule has 244 valence electrons. The van der Waals surface area contributed by atoms with E-state index in [9.17, 15) is 34.6 Å². The van der Waals surface area contributed by atoms with E-state index >= 15 is 0 Å². The maximum atomic E-state index is 13.0. The molecule has 0 atom stereocenters. The summed E-state index contributed by atoms with van der Waals surface area (Å²) in [6, 6.07) is 18.5. The summed E-state index contributed by atoms with van der Waals surface area (Å²) in [5, 5.41) is 22.0. The SMILES string of the molecule is C.COC(=O)/C=C/c1ccc(C(=O)OCCCCCCOC(=O)C(Cc2ccc([N+](=O)[O-])cc2)Cc2ccc([N+](=O)[O-])cc2)cc1. The highest BCUT2D eigenvalue weighted by atomic mass is 16.6. The van der Waals surface area contributed by atoms with Gasteiger partial charge in [-0.3, -0.25) is 25.0 Å². The second-order valence-electron chi connectivity index (χ2n) is 10.1. The third-order valence-corrected chi connectivity index (χ3v) is 6.87. The fourth-order valence-electron chi connectivity index (χ4n) is 4.37. The van der Waals surface area contributed by atoms with Gasteiger partial charge in [0.2, 0.25) is 0 Å². The number of carbonyl (C=O) groups excluding carboxylic acids is 3. The van der Waals surface area contributed by atoms with Crippen LogP contribution in [0.4, 0.5) is 11.4 Å². The van der Waals surface area contributed by atoms with Gasteiger partial charge in [0.1, 0.15) is 0 Å². The fraction of sp³-hybridized carbons (Fsp3) is 0.324. The van der Waals surface area contributed by atoms with E-state index < -0.39 is 33.7 Å². The molecule has 0 aliphatic heterocycles. The summed E-state index contributed by atoms with van der Waals surface area (Å²) < 4.78 is 15.4. The van der Waals surface area contributed by atoms with Crippen LogP contribution in [0, 0.1) is 26.1 Å². The first kappa shape index (κ1) is 36.8. The van der Waals surface area contributed by atoms with Gasteiger partial charge >= 0.3 is 17.9 Å². The van der Waals surface area contributed by atoms with Crippen molar-refractivity contribution in [1.82, 2.24) is 0 Å². The van der Waals surface area contributed by atoms with Crippen molar-refractivity contribution in [3.63, 3.8) is 0 Å². The van der Waals surface area contributed by atoms with Crippen LogP contribution in [0.5, 0.6) is 0 Å². The maximum absolute atomic E-state index is 13.0. The molecule has 0 bridgehead atoms. The van der Waals surface area contributed by atoms with Crippen LogP contribution in [0.25, 0.3) is 6.08 Å². The van der Waals surface area contributed by atoms with E-state index in [2.05, 4.69) is 4.74 Å². The first-order valence-electron chi connectivity index (χ1n) is 14.3. The molecular weight excluding hydrogens is 596 g/mol. The van der Waals surface area contributed by atoms with Gasteiger partial charge in [0.15, 0.2) is 0 Å². The summed E-state index contributed by atoms with van der Waals surface area (Å²) in [6.07, 6.45) is 6.20. The monoisotopic (exact) mass is 634 g/mol. The lowest BCUT2D eigenvalue weighted by molar-refractivity contribution is -0.385. The van der Waals surface area contributed by atoms with Crippen molar-refractivity contribution in [1.29, 1.82) is 0 Å². The average molecular weight is 635 g/mol. The zero-order valence-corrected chi connectivity index (χ0v) is 24.8. The number of esters is 3. The van der Waals surface area contributed by atoms with E-state index in [1.807, 2.05) is 0 Å². The molecule has 12 heteroatoms. The Hall–Kier alpha value is -5.39. The van der Waals surface area contributed by atoms with Crippen LogP contribution < -0.4 is 0 Å². The van der Waals surface area contributed by atoms with Gasteiger partial charge in [-0.2, -0.15) is 0 Å². The quantitative estimate of drug-likeness (QED) is 0.0390. The first-order valence-corrected chi connectivity index (χ1v) is 14.3. The smallest absolute Gasteiger partial charge is 0.338 e. The number of methoxy groups -OCH3 is 1. The van der Waals surface area contributed by atoms with E-state index in [0.717, 1.165) is 29.5 Å². The zero-order chi connectivity index (χ0) is 32.6. The standard InChI is InChI=1S/C33H34N2O10.CH4/c1-43-31(36)19-12-24-6-13-27(14-7-24)32(37)44-20-4-2-3-5-21-45-33(38)28(22-25-8-15-29(16-9-25)34(39)40)23-26-10-17-30(18-11-26)35(41)42;/h6-19,28H,2-5,20-23H2,1H3;1H4/b19-12+;. The van der Waals surface area contributed by atoms with Crippen molar-refractivity contribution in [3.8, 4) is 0 Å². The van der Waals surface area contributed by atoms with Crippen LogP contribution in [-0.2, 0) is 36.6 Å². The number of unbranched alkanes of at least 4 members (excludes halogenated alkanes) is 3. The van der Waals surface area contributed by atoms with E-state index in [1.165, 1.54) is 37.5 Å². The lowest BCUT2D eigenvalue weighted by atomic mass is 9.92. The van der Waals surface area contributed by atoms with Crippen molar-refractivity contribution in [2.45, 2.75) is 46.0 Å². The highest BCUT2D eigenvalue weighted by molar-refractivity contribution is 5.90. The topological polar surface area (TPSA) is 165 Å². The van der Waals surface area contributed by atoms with E-state index in [-0.39, 0.29) is 44.9 Å². The minimum Gasteiger partial charge on any atom is -0.466 e. The second kappa shape index (κ2) is 19.1.